The van der Waals surface area contributed by atoms with Crippen molar-refractivity contribution in [2.75, 3.05) is 13.6 Å². The van der Waals surface area contributed by atoms with E-state index in [2.05, 4.69) is 4.98 Å². The van der Waals surface area contributed by atoms with Crippen molar-refractivity contribution in [3.63, 3.8) is 0 Å². The van der Waals surface area contributed by atoms with Gasteiger partial charge in [0.1, 0.15) is 12.6 Å². The molecule has 3 heterocycles. The average Bonchev–Trinajstić information content (AvgIpc) is 3.25. The second-order valence-corrected chi connectivity index (χ2v) is 7.65. The van der Waals surface area contributed by atoms with Gasteiger partial charge in [0.25, 0.3) is 0 Å². The first-order valence-electron chi connectivity index (χ1n) is 7.74. The van der Waals surface area contributed by atoms with Crippen LogP contribution in [0.5, 0.6) is 0 Å². The Hall–Kier alpha value is -2.38. The van der Waals surface area contributed by atoms with Gasteiger partial charge in [-0.2, -0.15) is 4.57 Å². The van der Waals surface area contributed by atoms with Crippen LogP contribution in [0.3, 0.4) is 0 Å². The molecule has 1 aliphatic rings. The van der Waals surface area contributed by atoms with E-state index in [1.54, 1.807) is 29.9 Å². The van der Waals surface area contributed by atoms with Gasteiger partial charge in [0.15, 0.2) is 10.2 Å². The number of nitrogens with zero attached hydrogens (tertiary/aromatic N) is 4. The summed E-state index contributed by atoms with van der Waals surface area (Å²) in [7, 11) is 3.64. The van der Waals surface area contributed by atoms with Gasteiger partial charge < -0.3 is 5.11 Å². The first-order chi connectivity index (χ1) is 12.0. The lowest BCUT2D eigenvalue weighted by atomic mass is 10.2. The number of aromatic nitrogens is 3. The number of halogens is 1. The molecule has 0 radical (unpaired) electrons. The molecule has 0 aliphatic carbocycles. The number of hydrogen-bond acceptors (Lipinski definition) is 4. The molecule has 1 atom stereocenters. The van der Waals surface area contributed by atoms with Crippen LogP contribution in [0.1, 0.15) is 16.5 Å². The Morgan fingerprint density at radius 2 is 2.12 bits per heavy atom. The van der Waals surface area contributed by atoms with Gasteiger partial charge in [-0.25, -0.2) is 14.3 Å². The topological polar surface area (TPSA) is 63.1 Å². The summed E-state index contributed by atoms with van der Waals surface area (Å²) in [5.74, 6) is -0.0247. The molecule has 0 spiro atoms. The van der Waals surface area contributed by atoms with Crippen LogP contribution in [-0.2, 0) is 7.05 Å². The van der Waals surface area contributed by atoms with Crippen LogP contribution in [0.15, 0.2) is 41.3 Å². The van der Waals surface area contributed by atoms with Crippen molar-refractivity contribution < 1.29 is 5.11 Å². The number of aliphatic hydroxyl groups is 1. The third-order valence-electron chi connectivity index (χ3n) is 4.46. The molecule has 3 aromatic rings. The van der Waals surface area contributed by atoms with Gasteiger partial charge in [0, 0.05) is 11.8 Å². The van der Waals surface area contributed by atoms with E-state index in [1.165, 1.54) is 11.3 Å². The maximum absolute atomic E-state index is 12.8. The van der Waals surface area contributed by atoms with Crippen molar-refractivity contribution in [3.8, 4) is 0 Å². The first kappa shape index (κ1) is 16.1. The van der Waals surface area contributed by atoms with Gasteiger partial charge in [-0.05, 0) is 0 Å². The van der Waals surface area contributed by atoms with Crippen molar-refractivity contribution in [3.05, 3.63) is 72.8 Å². The number of aliphatic hydroxyl groups excluding tert-OH is 1. The largest absolute Gasteiger partial charge is 0.504 e. The number of hydrogen-bond donors (Lipinski definition) is 1. The normalized spacial score (nSPS) is 17.7. The van der Waals surface area contributed by atoms with Gasteiger partial charge in [-0.1, -0.05) is 41.9 Å². The minimum absolute atomic E-state index is 0.0247. The Bertz CT molecular complexity index is 1140. The van der Waals surface area contributed by atoms with Crippen LogP contribution in [0.4, 0.5) is 0 Å². The van der Waals surface area contributed by atoms with Crippen molar-refractivity contribution in [1.82, 2.24) is 18.7 Å². The average molecular weight is 376 g/mol. The summed E-state index contributed by atoms with van der Waals surface area (Å²) in [6.07, 6.45) is 1.73. The molecule has 2 aromatic heterocycles. The lowest BCUT2D eigenvalue weighted by Crippen LogP contribution is -2.37. The fraction of sp³-hybridized carbons (Fsp3) is 0.235. The highest BCUT2D eigenvalue weighted by Gasteiger charge is 2.35. The standard InChI is InChI=1S/C17H15ClN4O2S/c1-20-9-11(12-8-19-16(18)25-12)22-13(15(24)21(2)17(20)22)14(23)10-6-4-3-5-7-10/h3-8,11H,9H2,1-2H3/p+1. The lowest BCUT2D eigenvalue weighted by Gasteiger charge is -2.06. The third-order valence-corrected chi connectivity index (χ3v) is 5.67. The van der Waals surface area contributed by atoms with E-state index in [4.69, 9.17) is 11.6 Å². The van der Waals surface area contributed by atoms with Crippen molar-refractivity contribution in [2.24, 2.45) is 7.05 Å². The molecule has 0 amide bonds. The molecule has 0 fully saturated rings. The molecule has 6 nitrogen and oxygen atoms in total. The molecule has 1 aliphatic heterocycles. The minimum atomic E-state index is -0.233. The number of imidazole rings is 1. The highest BCUT2D eigenvalue weighted by molar-refractivity contribution is 7.15. The molecule has 1 N–H and O–H groups in total. The van der Waals surface area contributed by atoms with Crippen LogP contribution >= 0.6 is 22.9 Å². The summed E-state index contributed by atoms with van der Waals surface area (Å²) in [6.45, 7) is 0.678. The zero-order valence-electron chi connectivity index (χ0n) is 13.7. The fourth-order valence-electron chi connectivity index (χ4n) is 3.36. The molecular weight excluding hydrogens is 360 g/mol. The third kappa shape index (κ3) is 2.42. The van der Waals surface area contributed by atoms with Crippen molar-refractivity contribution >= 4 is 28.7 Å². The Balaban J connectivity index is 2.08. The van der Waals surface area contributed by atoms with Gasteiger partial charge in [0.2, 0.25) is 5.35 Å². The smallest absolute Gasteiger partial charge is 0.363 e. The van der Waals surface area contributed by atoms with E-state index < -0.39 is 0 Å². The molecule has 0 saturated heterocycles. The number of benzene rings is 1. The van der Waals surface area contributed by atoms with Gasteiger partial charge in [0.05, 0.1) is 19.0 Å². The molecule has 0 saturated carbocycles. The molecule has 4 rings (SSSR count). The van der Waals surface area contributed by atoms with E-state index in [0.717, 1.165) is 10.5 Å². The minimum Gasteiger partial charge on any atom is -0.504 e. The summed E-state index contributed by atoms with van der Waals surface area (Å²) in [5, 5.41) is 11.1. The monoisotopic (exact) mass is 375 g/mol. The second kappa shape index (κ2) is 5.86. The van der Waals surface area contributed by atoms with Crippen LogP contribution in [-0.4, -0.2) is 32.8 Å². The predicted molar refractivity (Wildman–Crippen MR) is 97.8 cm³/mol. The quantitative estimate of drug-likeness (QED) is 0.672. The summed E-state index contributed by atoms with van der Waals surface area (Å²) in [4.78, 5) is 17.9. The zero-order chi connectivity index (χ0) is 17.7. The summed E-state index contributed by atoms with van der Waals surface area (Å²) in [6, 6.07) is 8.97. The fourth-order valence-corrected chi connectivity index (χ4v) is 4.39. The summed E-state index contributed by atoms with van der Waals surface area (Å²) in [5.41, 5.74) is 1.12. The predicted octanol–water partition coefficient (Wildman–Crippen LogP) is 0.735. The Morgan fingerprint density at radius 3 is 2.76 bits per heavy atom. The first-order valence-corrected chi connectivity index (χ1v) is 8.93. The molecular formula is C17H16ClN4O2S+. The molecule has 1 unspecified atom stereocenters. The molecule has 128 valence electrons. The van der Waals surface area contributed by atoms with E-state index in [9.17, 15) is 9.90 Å². The maximum Gasteiger partial charge on any atom is 0.363 e. The van der Waals surface area contributed by atoms with Crippen LogP contribution < -0.4 is 21.1 Å². The highest BCUT2D eigenvalue weighted by Crippen LogP contribution is 2.26. The summed E-state index contributed by atoms with van der Waals surface area (Å²) < 4.78 is 5.91. The Labute approximate surface area is 152 Å². The maximum atomic E-state index is 12.8. The van der Waals surface area contributed by atoms with Crippen molar-refractivity contribution in [1.29, 1.82) is 0 Å². The Morgan fingerprint density at radius 1 is 1.40 bits per heavy atom. The molecule has 1 aromatic carbocycles. The van der Waals surface area contributed by atoms with Crippen LogP contribution in [0.2, 0.25) is 4.47 Å². The van der Waals surface area contributed by atoms with Gasteiger partial charge in [-0.15, -0.1) is 11.3 Å². The van der Waals surface area contributed by atoms with Gasteiger partial charge in [-0.3, -0.25) is 4.58 Å². The number of rotatable bonds is 2. The highest BCUT2D eigenvalue weighted by atomic mass is 35.5. The van der Waals surface area contributed by atoms with Crippen LogP contribution in [0.25, 0.3) is 5.76 Å². The lowest BCUT2D eigenvalue weighted by molar-refractivity contribution is 0.494. The SMILES string of the molecule is Cn1c(=O)/c(=C(/O)c2ccccc2)n2c1=[N+](C)CC2c1cnc(Cl)s1. The second-order valence-electron chi connectivity index (χ2n) is 6.01. The summed E-state index contributed by atoms with van der Waals surface area (Å²) >= 11 is 7.39. The molecule has 0 bridgehead atoms. The zero-order valence-corrected chi connectivity index (χ0v) is 15.3. The number of fused-ring (bicyclic) bond motifs is 1. The van der Waals surface area contributed by atoms with E-state index >= 15 is 0 Å². The molecule has 8 heteroatoms. The van der Waals surface area contributed by atoms with Gasteiger partial charge >= 0.3 is 11.2 Å². The number of thiazole rings is 1. The Kier molecular flexibility index (Phi) is 3.77. The van der Waals surface area contributed by atoms with Crippen LogP contribution in [0, 0.1) is 0 Å². The molecule has 25 heavy (non-hydrogen) atoms. The van der Waals surface area contributed by atoms with Crippen molar-refractivity contribution in [2.45, 2.75) is 6.04 Å². The van der Waals surface area contributed by atoms with E-state index in [0.29, 0.717) is 16.6 Å². The van der Waals surface area contributed by atoms with E-state index in [1.807, 2.05) is 34.4 Å². The number of likely N-dealkylation sites (N-methyl/N-ethyl adjacent to an activating group) is 1. The van der Waals surface area contributed by atoms with E-state index in [-0.39, 0.29) is 22.7 Å².